The molecule has 0 bridgehead atoms. The van der Waals surface area contributed by atoms with Crippen LogP contribution in [0.5, 0.6) is 0 Å². The molecule has 18 heavy (non-hydrogen) atoms. The Hall–Kier alpha value is -0.940. The van der Waals surface area contributed by atoms with E-state index in [-0.39, 0.29) is 11.7 Å². The van der Waals surface area contributed by atoms with Crippen LogP contribution in [-0.4, -0.2) is 25.7 Å². The Kier molecular flexibility index (Phi) is 4.72. The minimum atomic E-state index is -0.366. The number of benzene rings is 1. The monoisotopic (exact) mass is 315 g/mol. The summed E-state index contributed by atoms with van der Waals surface area (Å²) < 4.78 is 18.6. The van der Waals surface area contributed by atoms with Gasteiger partial charge in [0.05, 0.1) is 4.47 Å². The number of nitrogens with one attached hydrogen (secondary N) is 1. The van der Waals surface area contributed by atoms with E-state index < -0.39 is 0 Å². The van der Waals surface area contributed by atoms with Crippen LogP contribution in [0.25, 0.3) is 0 Å². The fraction of sp³-hybridized carbons (Fsp3) is 0.462. The van der Waals surface area contributed by atoms with Crippen molar-refractivity contribution in [1.29, 1.82) is 0 Å². The van der Waals surface area contributed by atoms with Crippen LogP contribution in [0.1, 0.15) is 23.2 Å². The minimum absolute atomic E-state index is 0.172. The van der Waals surface area contributed by atoms with E-state index in [4.69, 9.17) is 4.74 Å². The molecule has 1 unspecified atom stereocenters. The zero-order chi connectivity index (χ0) is 13.0. The SMILES string of the molecule is O=C(NCCC1CCOC1)c1ccc(F)c(Br)c1. The Labute approximate surface area is 114 Å². The predicted molar refractivity (Wildman–Crippen MR) is 70.0 cm³/mol. The zero-order valence-electron chi connectivity index (χ0n) is 9.92. The van der Waals surface area contributed by atoms with Gasteiger partial charge in [-0.25, -0.2) is 4.39 Å². The van der Waals surface area contributed by atoms with Crippen molar-refractivity contribution in [2.24, 2.45) is 5.92 Å². The highest BCUT2D eigenvalue weighted by Crippen LogP contribution is 2.17. The number of carbonyl (C=O) groups excluding carboxylic acids is 1. The molecule has 98 valence electrons. The molecule has 1 amide bonds. The van der Waals surface area contributed by atoms with Crippen LogP contribution in [0.2, 0.25) is 0 Å². The molecule has 1 aromatic rings. The fourth-order valence-electron chi connectivity index (χ4n) is 1.94. The van der Waals surface area contributed by atoms with Crippen molar-refractivity contribution in [3.05, 3.63) is 34.1 Å². The van der Waals surface area contributed by atoms with Crippen molar-refractivity contribution >= 4 is 21.8 Å². The maximum Gasteiger partial charge on any atom is 0.251 e. The molecule has 0 radical (unpaired) electrons. The van der Waals surface area contributed by atoms with Gasteiger partial charge in [-0.2, -0.15) is 0 Å². The molecule has 1 atom stereocenters. The average Bonchev–Trinajstić information content (AvgIpc) is 2.85. The summed E-state index contributed by atoms with van der Waals surface area (Å²) in [7, 11) is 0. The maximum absolute atomic E-state index is 13.0. The summed E-state index contributed by atoms with van der Waals surface area (Å²) in [6, 6.07) is 4.25. The molecule has 0 aliphatic carbocycles. The Morgan fingerprint density at radius 2 is 2.39 bits per heavy atom. The lowest BCUT2D eigenvalue weighted by molar-refractivity contribution is 0.0950. The van der Waals surface area contributed by atoms with Crippen molar-refractivity contribution < 1.29 is 13.9 Å². The third kappa shape index (κ3) is 3.53. The summed E-state index contributed by atoms with van der Waals surface area (Å²) in [6.45, 7) is 2.24. The second-order valence-corrected chi connectivity index (χ2v) is 5.26. The Morgan fingerprint density at radius 3 is 3.06 bits per heavy atom. The smallest absolute Gasteiger partial charge is 0.251 e. The van der Waals surface area contributed by atoms with E-state index >= 15 is 0 Å². The number of hydrogen-bond donors (Lipinski definition) is 1. The highest BCUT2D eigenvalue weighted by Gasteiger charge is 2.15. The van der Waals surface area contributed by atoms with Gasteiger partial charge in [0.1, 0.15) is 5.82 Å². The summed E-state index contributed by atoms with van der Waals surface area (Å²) in [5.74, 6) is 0.00882. The minimum Gasteiger partial charge on any atom is -0.381 e. The van der Waals surface area contributed by atoms with Gasteiger partial charge in [-0.15, -0.1) is 0 Å². The van der Waals surface area contributed by atoms with Crippen molar-refractivity contribution in [2.45, 2.75) is 12.8 Å². The molecule has 1 aliphatic rings. The number of hydrogen-bond acceptors (Lipinski definition) is 2. The van der Waals surface area contributed by atoms with E-state index in [1.54, 1.807) is 0 Å². The molecular formula is C13H15BrFNO2. The normalized spacial score (nSPS) is 18.9. The van der Waals surface area contributed by atoms with E-state index in [1.807, 2.05) is 0 Å². The highest BCUT2D eigenvalue weighted by atomic mass is 79.9. The van der Waals surface area contributed by atoms with Crippen molar-refractivity contribution in [1.82, 2.24) is 5.32 Å². The van der Waals surface area contributed by atoms with Crippen LogP contribution >= 0.6 is 15.9 Å². The molecule has 1 fully saturated rings. The molecule has 1 aromatic carbocycles. The summed E-state index contributed by atoms with van der Waals surface area (Å²) in [6.07, 6.45) is 1.99. The van der Waals surface area contributed by atoms with Crippen LogP contribution < -0.4 is 5.32 Å². The number of amides is 1. The molecule has 0 aromatic heterocycles. The van der Waals surface area contributed by atoms with Crippen LogP contribution in [0.3, 0.4) is 0 Å². The Balaban J connectivity index is 1.81. The summed E-state index contributed by atoms with van der Waals surface area (Å²) in [4.78, 5) is 11.8. The first-order valence-electron chi connectivity index (χ1n) is 5.98. The van der Waals surface area contributed by atoms with Crippen LogP contribution in [0, 0.1) is 11.7 Å². The zero-order valence-corrected chi connectivity index (χ0v) is 11.5. The first-order valence-corrected chi connectivity index (χ1v) is 6.77. The van der Waals surface area contributed by atoms with Gasteiger partial charge in [0, 0.05) is 25.3 Å². The van der Waals surface area contributed by atoms with Crippen molar-refractivity contribution in [3.63, 3.8) is 0 Å². The largest absolute Gasteiger partial charge is 0.381 e. The van der Waals surface area contributed by atoms with Gasteiger partial charge in [-0.05, 0) is 52.9 Å². The van der Waals surface area contributed by atoms with Gasteiger partial charge in [-0.3, -0.25) is 4.79 Å². The molecule has 0 spiro atoms. The molecule has 1 aliphatic heterocycles. The molecule has 1 heterocycles. The van der Waals surface area contributed by atoms with Crippen LogP contribution in [-0.2, 0) is 4.74 Å². The Morgan fingerprint density at radius 1 is 1.56 bits per heavy atom. The summed E-state index contributed by atoms with van der Waals surface area (Å²) >= 11 is 3.06. The van der Waals surface area contributed by atoms with E-state index in [2.05, 4.69) is 21.2 Å². The topological polar surface area (TPSA) is 38.3 Å². The van der Waals surface area contributed by atoms with Crippen molar-refractivity contribution in [2.75, 3.05) is 19.8 Å². The lowest BCUT2D eigenvalue weighted by atomic mass is 10.1. The third-order valence-corrected chi connectivity index (χ3v) is 3.65. The predicted octanol–water partition coefficient (Wildman–Crippen LogP) is 2.74. The van der Waals surface area contributed by atoms with Crippen LogP contribution in [0.15, 0.2) is 22.7 Å². The Bertz CT molecular complexity index is 433. The van der Waals surface area contributed by atoms with Gasteiger partial charge >= 0.3 is 0 Å². The van der Waals surface area contributed by atoms with Gasteiger partial charge in [0.15, 0.2) is 0 Å². The van der Waals surface area contributed by atoms with Gasteiger partial charge in [0.2, 0.25) is 0 Å². The summed E-state index contributed by atoms with van der Waals surface area (Å²) in [5, 5.41) is 2.83. The first-order chi connectivity index (χ1) is 8.66. The highest BCUT2D eigenvalue weighted by molar-refractivity contribution is 9.10. The fourth-order valence-corrected chi connectivity index (χ4v) is 2.32. The first kappa shape index (κ1) is 13.5. The molecule has 2 rings (SSSR count). The maximum atomic E-state index is 13.0. The molecule has 1 saturated heterocycles. The molecular weight excluding hydrogens is 301 g/mol. The number of carbonyl (C=O) groups is 1. The average molecular weight is 316 g/mol. The second-order valence-electron chi connectivity index (χ2n) is 4.40. The second kappa shape index (κ2) is 6.29. The molecule has 5 heteroatoms. The van der Waals surface area contributed by atoms with Gasteiger partial charge < -0.3 is 10.1 Å². The molecule has 1 N–H and O–H groups in total. The van der Waals surface area contributed by atoms with Gasteiger partial charge in [-0.1, -0.05) is 0 Å². The lowest BCUT2D eigenvalue weighted by Gasteiger charge is -2.09. The number of rotatable bonds is 4. The van der Waals surface area contributed by atoms with Crippen molar-refractivity contribution in [3.8, 4) is 0 Å². The number of ether oxygens (including phenoxy) is 1. The third-order valence-electron chi connectivity index (χ3n) is 3.04. The summed E-state index contributed by atoms with van der Waals surface area (Å²) in [5.41, 5.74) is 0.464. The lowest BCUT2D eigenvalue weighted by Crippen LogP contribution is -2.26. The van der Waals surface area contributed by atoms with Gasteiger partial charge in [0.25, 0.3) is 5.91 Å². The van der Waals surface area contributed by atoms with E-state index in [1.165, 1.54) is 18.2 Å². The molecule has 0 saturated carbocycles. The number of halogens is 2. The van der Waals surface area contributed by atoms with E-state index in [9.17, 15) is 9.18 Å². The van der Waals surface area contributed by atoms with E-state index in [0.29, 0.717) is 22.5 Å². The standard InChI is InChI=1S/C13H15BrFNO2/c14-11-7-10(1-2-12(11)15)13(17)16-5-3-9-4-6-18-8-9/h1-2,7,9H,3-6,8H2,(H,16,17). The quantitative estimate of drug-likeness (QED) is 0.927. The van der Waals surface area contributed by atoms with E-state index in [0.717, 1.165) is 26.1 Å². The molecule has 3 nitrogen and oxygen atoms in total. The van der Waals surface area contributed by atoms with Crippen LogP contribution in [0.4, 0.5) is 4.39 Å².